The van der Waals surface area contributed by atoms with Crippen LogP contribution in [0.1, 0.15) is 10.5 Å². The van der Waals surface area contributed by atoms with E-state index >= 15 is 0 Å². The third kappa shape index (κ3) is 3.10. The van der Waals surface area contributed by atoms with Crippen molar-refractivity contribution in [1.82, 2.24) is 4.98 Å². The quantitative estimate of drug-likeness (QED) is 0.602. The molecule has 0 aliphatic carbocycles. The van der Waals surface area contributed by atoms with Crippen molar-refractivity contribution in [3.63, 3.8) is 0 Å². The molecule has 2 aromatic rings. The maximum absolute atomic E-state index is 12.3. The molecule has 1 aromatic heterocycles. The Balaban J connectivity index is 2.40. The summed E-state index contributed by atoms with van der Waals surface area (Å²) in [7, 11) is -2.71. The summed E-state index contributed by atoms with van der Waals surface area (Å²) in [4.78, 5) is 15.2. The van der Waals surface area contributed by atoms with Gasteiger partial charge in [0.25, 0.3) is 10.0 Å². The number of thiazole rings is 1. The van der Waals surface area contributed by atoms with E-state index in [0.717, 1.165) is 14.9 Å². The summed E-state index contributed by atoms with van der Waals surface area (Å²) in [5, 5.41) is 0. The first kappa shape index (κ1) is 15.2. The summed E-state index contributed by atoms with van der Waals surface area (Å²) in [5.41, 5.74) is 1.52. The van der Waals surface area contributed by atoms with Crippen LogP contribution in [0.5, 0.6) is 0 Å². The van der Waals surface area contributed by atoms with Crippen LogP contribution in [-0.2, 0) is 14.8 Å². The Hall–Kier alpha value is -1.20. The van der Waals surface area contributed by atoms with Crippen molar-refractivity contribution in [1.29, 1.82) is 0 Å². The summed E-state index contributed by atoms with van der Waals surface area (Å²) in [6.07, 6.45) is 0. The van der Waals surface area contributed by atoms with Gasteiger partial charge in [-0.2, -0.15) is 0 Å². The summed E-state index contributed by atoms with van der Waals surface area (Å²) in [5.74, 6) is -0.783. The fourth-order valence-corrected chi connectivity index (χ4v) is 4.31. The SMILES string of the molecule is COC(=O)c1ncsc1S(=O)(=O)Nc1ccccc1I. The van der Waals surface area contributed by atoms with Crippen molar-refractivity contribution in [3.05, 3.63) is 39.0 Å². The predicted molar refractivity (Wildman–Crippen MR) is 83.4 cm³/mol. The Kier molecular flexibility index (Phi) is 4.60. The molecule has 0 aliphatic heterocycles. The molecule has 0 radical (unpaired) electrons. The highest BCUT2D eigenvalue weighted by molar-refractivity contribution is 14.1. The second-order valence-corrected chi connectivity index (χ2v) is 7.46. The fourth-order valence-electron chi connectivity index (χ4n) is 1.39. The fraction of sp³-hybridized carbons (Fsp3) is 0.0909. The molecule has 0 bridgehead atoms. The third-order valence-corrected chi connectivity index (χ3v) is 5.95. The molecule has 106 valence electrons. The van der Waals surface area contributed by atoms with Crippen LogP contribution < -0.4 is 4.72 Å². The summed E-state index contributed by atoms with van der Waals surface area (Å²) in [6.45, 7) is 0. The largest absolute Gasteiger partial charge is 0.464 e. The molecule has 20 heavy (non-hydrogen) atoms. The van der Waals surface area contributed by atoms with Crippen LogP contribution in [0, 0.1) is 3.57 Å². The number of nitrogens with zero attached hydrogens (tertiary/aromatic N) is 1. The molecule has 0 saturated carbocycles. The van der Waals surface area contributed by atoms with Gasteiger partial charge in [0.1, 0.15) is 0 Å². The highest BCUT2D eigenvalue weighted by atomic mass is 127. The van der Waals surface area contributed by atoms with Crippen LogP contribution in [-0.4, -0.2) is 26.5 Å². The van der Waals surface area contributed by atoms with Crippen LogP contribution in [0.25, 0.3) is 0 Å². The minimum Gasteiger partial charge on any atom is -0.464 e. The van der Waals surface area contributed by atoms with E-state index in [4.69, 9.17) is 0 Å². The van der Waals surface area contributed by atoms with Crippen molar-refractivity contribution >= 4 is 55.6 Å². The maximum Gasteiger partial charge on any atom is 0.358 e. The van der Waals surface area contributed by atoms with Crippen molar-refractivity contribution in [2.75, 3.05) is 11.8 Å². The first-order valence-corrected chi connectivity index (χ1v) is 8.69. The van der Waals surface area contributed by atoms with Gasteiger partial charge in [0, 0.05) is 3.57 Å². The minimum atomic E-state index is -3.88. The van der Waals surface area contributed by atoms with Crippen LogP contribution >= 0.6 is 33.9 Å². The van der Waals surface area contributed by atoms with Gasteiger partial charge in [-0.15, -0.1) is 11.3 Å². The lowest BCUT2D eigenvalue weighted by Crippen LogP contribution is -2.16. The number of nitrogens with one attached hydrogen (secondary N) is 1. The topological polar surface area (TPSA) is 85.4 Å². The van der Waals surface area contributed by atoms with Crippen LogP contribution in [0.3, 0.4) is 0 Å². The van der Waals surface area contributed by atoms with Gasteiger partial charge >= 0.3 is 5.97 Å². The van der Waals surface area contributed by atoms with Gasteiger partial charge < -0.3 is 4.74 Å². The molecular formula is C11H9IN2O4S2. The van der Waals surface area contributed by atoms with Gasteiger partial charge in [0.15, 0.2) is 9.90 Å². The number of benzene rings is 1. The number of para-hydroxylation sites is 1. The Labute approximate surface area is 133 Å². The number of ether oxygens (including phenoxy) is 1. The molecule has 2 rings (SSSR count). The lowest BCUT2D eigenvalue weighted by atomic mass is 10.3. The number of carbonyl (C=O) groups is 1. The van der Waals surface area contributed by atoms with Crippen LogP contribution in [0.4, 0.5) is 5.69 Å². The van der Waals surface area contributed by atoms with E-state index in [1.807, 2.05) is 22.6 Å². The molecule has 0 aliphatic rings. The van der Waals surface area contributed by atoms with Crippen molar-refractivity contribution in [3.8, 4) is 0 Å². The van der Waals surface area contributed by atoms with Crippen molar-refractivity contribution in [2.45, 2.75) is 4.21 Å². The van der Waals surface area contributed by atoms with E-state index in [-0.39, 0.29) is 9.90 Å². The van der Waals surface area contributed by atoms with E-state index < -0.39 is 16.0 Å². The lowest BCUT2D eigenvalue weighted by Gasteiger charge is -2.08. The summed E-state index contributed by atoms with van der Waals surface area (Å²) < 4.78 is 32.1. The first-order valence-electron chi connectivity index (χ1n) is 5.25. The summed E-state index contributed by atoms with van der Waals surface area (Å²) >= 11 is 2.88. The predicted octanol–water partition coefficient (Wildman–Crippen LogP) is 2.34. The van der Waals surface area contributed by atoms with Gasteiger partial charge in [-0.05, 0) is 34.7 Å². The Bertz CT molecular complexity index is 742. The molecule has 1 aromatic carbocycles. The number of aromatic nitrogens is 1. The molecule has 0 amide bonds. The molecule has 0 fully saturated rings. The smallest absolute Gasteiger partial charge is 0.358 e. The number of methoxy groups -OCH3 is 1. The monoisotopic (exact) mass is 424 g/mol. The Morgan fingerprint density at radius 1 is 1.40 bits per heavy atom. The van der Waals surface area contributed by atoms with Gasteiger partial charge in [-0.3, -0.25) is 4.72 Å². The molecule has 0 unspecified atom stereocenters. The highest BCUT2D eigenvalue weighted by Crippen LogP contribution is 2.25. The van der Waals surface area contributed by atoms with Gasteiger partial charge in [-0.1, -0.05) is 12.1 Å². The number of anilines is 1. The number of carbonyl (C=O) groups excluding carboxylic acids is 1. The van der Waals surface area contributed by atoms with E-state index in [1.54, 1.807) is 24.3 Å². The zero-order valence-corrected chi connectivity index (χ0v) is 14.0. The molecular weight excluding hydrogens is 415 g/mol. The molecule has 9 heteroatoms. The number of sulfonamides is 1. The van der Waals surface area contributed by atoms with Gasteiger partial charge in [0.05, 0.1) is 18.3 Å². The molecule has 0 spiro atoms. The molecule has 0 saturated heterocycles. The number of hydrogen-bond donors (Lipinski definition) is 1. The maximum atomic E-state index is 12.3. The van der Waals surface area contributed by atoms with Crippen LogP contribution in [0.2, 0.25) is 0 Å². The first-order chi connectivity index (χ1) is 9.45. The second-order valence-electron chi connectivity index (χ2n) is 3.57. The standard InChI is InChI=1S/C11H9IN2O4S2/c1-18-10(15)9-11(19-6-13-9)20(16,17)14-8-5-3-2-4-7(8)12/h2-6,14H,1H3. The van der Waals surface area contributed by atoms with Gasteiger partial charge in [-0.25, -0.2) is 18.2 Å². The average molecular weight is 424 g/mol. The zero-order valence-electron chi connectivity index (χ0n) is 10.2. The van der Waals surface area contributed by atoms with Crippen LogP contribution in [0.15, 0.2) is 34.0 Å². The second kappa shape index (κ2) is 6.06. The molecule has 6 nitrogen and oxygen atoms in total. The number of halogens is 1. The minimum absolute atomic E-state index is 0.163. The summed E-state index contributed by atoms with van der Waals surface area (Å²) in [6, 6.07) is 6.92. The molecule has 1 N–H and O–H groups in total. The normalized spacial score (nSPS) is 11.1. The van der Waals surface area contributed by atoms with E-state index in [0.29, 0.717) is 5.69 Å². The highest BCUT2D eigenvalue weighted by Gasteiger charge is 2.27. The van der Waals surface area contributed by atoms with Gasteiger partial charge in [0.2, 0.25) is 0 Å². The lowest BCUT2D eigenvalue weighted by molar-refractivity contribution is 0.0590. The zero-order chi connectivity index (χ0) is 14.8. The average Bonchev–Trinajstić information content (AvgIpc) is 2.90. The van der Waals surface area contributed by atoms with Crippen molar-refractivity contribution < 1.29 is 17.9 Å². The molecule has 1 heterocycles. The number of esters is 1. The van der Waals surface area contributed by atoms with Crippen molar-refractivity contribution in [2.24, 2.45) is 0 Å². The number of rotatable bonds is 4. The van der Waals surface area contributed by atoms with E-state index in [9.17, 15) is 13.2 Å². The Morgan fingerprint density at radius 2 is 2.10 bits per heavy atom. The van der Waals surface area contributed by atoms with E-state index in [2.05, 4.69) is 14.4 Å². The third-order valence-electron chi connectivity index (χ3n) is 2.28. The number of hydrogen-bond acceptors (Lipinski definition) is 6. The Morgan fingerprint density at radius 3 is 2.75 bits per heavy atom. The molecule has 0 atom stereocenters. The van der Waals surface area contributed by atoms with E-state index in [1.165, 1.54) is 12.6 Å².